The van der Waals surface area contributed by atoms with Gasteiger partial charge in [-0.2, -0.15) is 5.10 Å². The minimum Gasteiger partial charge on any atom is -0.454 e. The van der Waals surface area contributed by atoms with Crippen LogP contribution in [0.2, 0.25) is 0 Å². The zero-order chi connectivity index (χ0) is 23.7. The summed E-state index contributed by atoms with van der Waals surface area (Å²) in [5, 5.41) is 4.53. The van der Waals surface area contributed by atoms with E-state index in [1.807, 2.05) is 36.7 Å². The highest BCUT2D eigenvalue weighted by Gasteiger charge is 2.19. The van der Waals surface area contributed by atoms with Crippen LogP contribution in [-0.4, -0.2) is 48.5 Å². The van der Waals surface area contributed by atoms with E-state index >= 15 is 0 Å². The average Bonchev–Trinajstić information content (AvgIpc) is 3.14. The third-order valence-electron chi connectivity index (χ3n) is 4.68. The lowest BCUT2D eigenvalue weighted by atomic mass is 9.86. The standard InChI is InChI=1S/C24H32ClN3O4/c1-7-28-21(14-17(2)27-28)22(31-16-32-23(29)30-13-12-25)20(15-26-6)18-8-10-19(11-9-18)24(3,4)5/h8-11,14-15H,7,12-13,16H2,1-6H3/b22-20-,26-15?. The topological polar surface area (TPSA) is 74.9 Å². The Balaban J connectivity index is 2.50. The molecule has 0 fully saturated rings. The van der Waals surface area contributed by atoms with Crippen molar-refractivity contribution in [2.45, 2.75) is 46.6 Å². The van der Waals surface area contributed by atoms with Crippen LogP contribution >= 0.6 is 11.6 Å². The molecule has 1 aromatic heterocycles. The maximum absolute atomic E-state index is 11.7. The second-order valence-electron chi connectivity index (χ2n) is 8.14. The molecular formula is C24H32ClN3O4. The lowest BCUT2D eigenvalue weighted by Crippen LogP contribution is -2.14. The Labute approximate surface area is 195 Å². The number of rotatable bonds is 9. The molecule has 7 nitrogen and oxygen atoms in total. The number of aryl methyl sites for hydroxylation is 2. The number of hydrogen-bond acceptors (Lipinski definition) is 6. The lowest BCUT2D eigenvalue weighted by Gasteiger charge is -2.20. The summed E-state index contributed by atoms with van der Waals surface area (Å²) < 4.78 is 17.7. The van der Waals surface area contributed by atoms with Crippen LogP contribution in [0.3, 0.4) is 0 Å². The molecule has 0 atom stereocenters. The molecule has 0 radical (unpaired) electrons. The number of carbonyl (C=O) groups is 1. The predicted octanol–water partition coefficient (Wildman–Crippen LogP) is 5.44. The van der Waals surface area contributed by atoms with Crippen molar-refractivity contribution in [3.05, 3.63) is 52.8 Å². The van der Waals surface area contributed by atoms with E-state index in [2.05, 4.69) is 43.0 Å². The van der Waals surface area contributed by atoms with Crippen LogP contribution in [0.1, 0.15) is 50.2 Å². The van der Waals surface area contributed by atoms with Crippen LogP contribution < -0.4 is 0 Å². The monoisotopic (exact) mass is 461 g/mol. The summed E-state index contributed by atoms with van der Waals surface area (Å²) >= 11 is 5.53. The van der Waals surface area contributed by atoms with Crippen molar-refractivity contribution in [1.82, 2.24) is 9.78 Å². The zero-order valence-corrected chi connectivity index (χ0v) is 20.4. The fourth-order valence-electron chi connectivity index (χ4n) is 3.10. The SMILES string of the molecule is CCn1nc(C)cc1/C(OCOC(=O)OCCCl)=C(\C=NC)c1ccc(C(C)(C)C)cc1. The third-order valence-corrected chi connectivity index (χ3v) is 4.83. The van der Waals surface area contributed by atoms with Crippen LogP contribution in [0.25, 0.3) is 11.3 Å². The highest BCUT2D eigenvalue weighted by molar-refractivity contribution is 6.18. The van der Waals surface area contributed by atoms with Crippen molar-refractivity contribution < 1.29 is 19.0 Å². The average molecular weight is 462 g/mol. The van der Waals surface area contributed by atoms with E-state index in [4.69, 9.17) is 25.8 Å². The number of nitrogens with zero attached hydrogens (tertiary/aromatic N) is 3. The molecule has 2 rings (SSSR count). The zero-order valence-electron chi connectivity index (χ0n) is 19.6. The van der Waals surface area contributed by atoms with Gasteiger partial charge in [0.15, 0.2) is 5.76 Å². The van der Waals surface area contributed by atoms with Crippen LogP contribution in [-0.2, 0) is 26.2 Å². The molecule has 0 N–H and O–H groups in total. The number of aromatic nitrogens is 2. The number of halogens is 1. The molecule has 0 bridgehead atoms. The quantitative estimate of drug-likeness (QED) is 0.163. The Morgan fingerprint density at radius 2 is 1.88 bits per heavy atom. The van der Waals surface area contributed by atoms with Gasteiger partial charge in [-0.1, -0.05) is 45.0 Å². The first-order valence-electron chi connectivity index (χ1n) is 10.5. The minimum atomic E-state index is -0.842. The molecule has 0 aliphatic rings. The lowest BCUT2D eigenvalue weighted by molar-refractivity contribution is -0.00343. The van der Waals surface area contributed by atoms with Crippen molar-refractivity contribution >= 4 is 35.3 Å². The first-order chi connectivity index (χ1) is 15.2. The van der Waals surface area contributed by atoms with Gasteiger partial charge in [0.25, 0.3) is 0 Å². The van der Waals surface area contributed by atoms with E-state index in [1.165, 1.54) is 5.56 Å². The molecule has 32 heavy (non-hydrogen) atoms. The van der Waals surface area contributed by atoms with Gasteiger partial charge in [-0.15, -0.1) is 11.6 Å². The molecule has 0 saturated carbocycles. The maximum atomic E-state index is 11.7. The van der Waals surface area contributed by atoms with E-state index in [0.29, 0.717) is 12.3 Å². The molecule has 2 aromatic rings. The largest absolute Gasteiger partial charge is 0.511 e. The summed E-state index contributed by atoms with van der Waals surface area (Å²) in [4.78, 5) is 15.9. The summed E-state index contributed by atoms with van der Waals surface area (Å²) in [5.41, 5.74) is 4.54. The molecular weight excluding hydrogens is 430 g/mol. The number of benzene rings is 1. The van der Waals surface area contributed by atoms with Crippen LogP contribution in [0, 0.1) is 6.92 Å². The van der Waals surface area contributed by atoms with E-state index in [0.717, 1.165) is 22.5 Å². The molecule has 0 spiro atoms. The fourth-order valence-corrected chi connectivity index (χ4v) is 3.18. The van der Waals surface area contributed by atoms with Crippen LogP contribution in [0.4, 0.5) is 4.79 Å². The van der Waals surface area contributed by atoms with Crippen LogP contribution in [0.15, 0.2) is 35.3 Å². The van der Waals surface area contributed by atoms with Gasteiger partial charge in [0.2, 0.25) is 6.79 Å². The smallest absolute Gasteiger partial charge is 0.454 e. The fraction of sp³-hybridized carbons (Fsp3) is 0.458. The van der Waals surface area contributed by atoms with Crippen LogP contribution in [0.5, 0.6) is 0 Å². The van der Waals surface area contributed by atoms with Crippen molar-refractivity contribution in [2.24, 2.45) is 4.99 Å². The first kappa shape index (κ1) is 25.5. The van der Waals surface area contributed by atoms with E-state index in [1.54, 1.807) is 13.3 Å². The number of aliphatic imine (C=N–C) groups is 1. The molecule has 1 heterocycles. The molecule has 0 amide bonds. The Hall–Kier alpha value is -2.80. The predicted molar refractivity (Wildman–Crippen MR) is 128 cm³/mol. The number of allylic oxidation sites excluding steroid dienone is 1. The number of ether oxygens (including phenoxy) is 3. The number of carbonyl (C=O) groups excluding carboxylic acids is 1. The molecule has 0 saturated heterocycles. The Morgan fingerprint density at radius 3 is 2.44 bits per heavy atom. The van der Waals surface area contributed by atoms with Crippen molar-refractivity contribution in [2.75, 3.05) is 26.3 Å². The van der Waals surface area contributed by atoms with E-state index in [9.17, 15) is 4.79 Å². The Kier molecular flexibility index (Phi) is 9.32. The van der Waals surface area contributed by atoms with Gasteiger partial charge in [0.1, 0.15) is 12.3 Å². The molecule has 174 valence electrons. The Morgan fingerprint density at radius 1 is 1.19 bits per heavy atom. The highest BCUT2D eigenvalue weighted by atomic mass is 35.5. The summed E-state index contributed by atoms with van der Waals surface area (Å²) in [6.45, 7) is 10.8. The second kappa shape index (κ2) is 11.7. The minimum absolute atomic E-state index is 0.0375. The first-order valence-corrected chi connectivity index (χ1v) is 11.0. The maximum Gasteiger partial charge on any atom is 0.511 e. The molecule has 0 aliphatic carbocycles. The molecule has 0 unspecified atom stereocenters. The van der Waals surface area contributed by atoms with E-state index < -0.39 is 6.16 Å². The van der Waals surface area contributed by atoms with Gasteiger partial charge in [-0.05, 0) is 36.5 Å². The van der Waals surface area contributed by atoms with Gasteiger partial charge < -0.3 is 14.2 Å². The number of alkyl halides is 1. The second-order valence-corrected chi connectivity index (χ2v) is 8.52. The molecule has 8 heteroatoms. The summed E-state index contributed by atoms with van der Waals surface area (Å²) in [6, 6.07) is 10.2. The van der Waals surface area contributed by atoms with E-state index in [-0.39, 0.29) is 24.7 Å². The van der Waals surface area contributed by atoms with Gasteiger partial charge >= 0.3 is 6.16 Å². The summed E-state index contributed by atoms with van der Waals surface area (Å²) in [7, 11) is 1.70. The van der Waals surface area contributed by atoms with Crippen molar-refractivity contribution in [3.8, 4) is 0 Å². The van der Waals surface area contributed by atoms with Gasteiger partial charge in [-0.3, -0.25) is 9.67 Å². The third kappa shape index (κ3) is 6.85. The van der Waals surface area contributed by atoms with Gasteiger partial charge in [-0.25, -0.2) is 4.79 Å². The molecule has 1 aromatic carbocycles. The summed E-state index contributed by atoms with van der Waals surface area (Å²) in [5.74, 6) is 0.698. The normalized spacial score (nSPS) is 12.6. The molecule has 0 aliphatic heterocycles. The summed E-state index contributed by atoms with van der Waals surface area (Å²) in [6.07, 6.45) is 0.890. The van der Waals surface area contributed by atoms with Crippen molar-refractivity contribution in [1.29, 1.82) is 0 Å². The van der Waals surface area contributed by atoms with Gasteiger partial charge in [0, 0.05) is 25.4 Å². The Bertz CT molecular complexity index is 957. The van der Waals surface area contributed by atoms with Gasteiger partial charge in [0.05, 0.1) is 11.6 Å². The van der Waals surface area contributed by atoms with Crippen molar-refractivity contribution in [3.63, 3.8) is 0 Å². The highest BCUT2D eigenvalue weighted by Crippen LogP contribution is 2.29. The number of hydrogen-bond donors (Lipinski definition) is 0.